The zero-order valence-electron chi connectivity index (χ0n) is 9.15. The van der Waals surface area contributed by atoms with E-state index in [4.69, 9.17) is 0 Å². The summed E-state index contributed by atoms with van der Waals surface area (Å²) in [7, 11) is 0. The maximum atomic E-state index is 13.3. The normalized spacial score (nSPS) is 14.2. The summed E-state index contributed by atoms with van der Waals surface area (Å²) in [5.41, 5.74) is -0.345. The maximum Gasteiger partial charge on any atom is 0.216 e. The number of hydrogen-bond acceptors (Lipinski definition) is 3. The lowest BCUT2D eigenvalue weighted by atomic mass is 10.0. The molecule has 0 bridgehead atoms. The first-order chi connectivity index (χ1) is 7.91. The van der Waals surface area contributed by atoms with Crippen molar-refractivity contribution in [1.82, 2.24) is 5.32 Å². The van der Waals surface area contributed by atoms with Crippen LogP contribution in [0.25, 0.3) is 0 Å². The highest BCUT2D eigenvalue weighted by atomic mass is 19.1. The van der Waals surface area contributed by atoms with E-state index in [0.717, 1.165) is 18.2 Å². The van der Waals surface area contributed by atoms with Gasteiger partial charge in [0.1, 0.15) is 23.8 Å². The molecule has 0 heterocycles. The molecule has 6 heteroatoms. The number of benzene rings is 1. The fourth-order valence-electron chi connectivity index (χ4n) is 1.31. The summed E-state index contributed by atoms with van der Waals surface area (Å²) in [6.45, 7) is 0.994. The number of nitrogens with one attached hydrogen (secondary N) is 1. The number of aliphatic hydroxyl groups excluding tert-OH is 2. The van der Waals surface area contributed by atoms with E-state index in [2.05, 4.69) is 5.32 Å². The molecule has 0 saturated heterocycles. The second-order valence-electron chi connectivity index (χ2n) is 3.62. The predicted molar refractivity (Wildman–Crippen MR) is 56.0 cm³/mol. The lowest BCUT2D eigenvalue weighted by Crippen LogP contribution is -2.34. The summed E-state index contributed by atoms with van der Waals surface area (Å²) in [5.74, 6) is -1.93. The highest BCUT2D eigenvalue weighted by Gasteiger charge is 2.22. The average Bonchev–Trinajstić information content (AvgIpc) is 2.28. The summed E-state index contributed by atoms with van der Waals surface area (Å²) in [6.07, 6.45) is -3.01. The molecule has 0 spiro atoms. The maximum absolute atomic E-state index is 13.3. The Labute approximate surface area is 96.9 Å². The van der Waals surface area contributed by atoms with Crippen molar-refractivity contribution < 1.29 is 23.8 Å². The highest BCUT2D eigenvalue weighted by Crippen LogP contribution is 2.21. The zero-order chi connectivity index (χ0) is 13.0. The van der Waals surface area contributed by atoms with Crippen LogP contribution in [0, 0.1) is 11.6 Å². The van der Waals surface area contributed by atoms with Crippen molar-refractivity contribution in [3.8, 4) is 0 Å². The van der Waals surface area contributed by atoms with Gasteiger partial charge in [-0.2, -0.15) is 0 Å². The molecule has 1 rings (SSSR count). The number of hydrogen-bond donors (Lipinski definition) is 3. The lowest BCUT2D eigenvalue weighted by Gasteiger charge is -2.18. The molecule has 0 aromatic heterocycles. The van der Waals surface area contributed by atoms with Gasteiger partial charge in [-0.1, -0.05) is 0 Å². The monoisotopic (exact) mass is 245 g/mol. The van der Waals surface area contributed by atoms with Crippen LogP contribution < -0.4 is 5.32 Å². The standard InChI is InChI=1S/C11H13F2NO3/c1-6(15)14-5-10(16)11(17)8-4-7(12)2-3-9(8)13/h2-4,10-11,16-17H,5H2,1H3,(H,14,15). The quantitative estimate of drug-likeness (QED) is 0.723. The minimum Gasteiger partial charge on any atom is -0.388 e. The molecule has 0 radical (unpaired) electrons. The SMILES string of the molecule is CC(=O)NCC(O)C(O)c1cc(F)ccc1F. The van der Waals surface area contributed by atoms with Crippen LogP contribution in [-0.2, 0) is 4.79 Å². The van der Waals surface area contributed by atoms with Gasteiger partial charge in [-0.05, 0) is 18.2 Å². The largest absolute Gasteiger partial charge is 0.388 e. The number of carbonyl (C=O) groups excluding carboxylic acids is 1. The van der Waals surface area contributed by atoms with E-state index >= 15 is 0 Å². The Bertz CT molecular complexity index is 412. The zero-order valence-corrected chi connectivity index (χ0v) is 9.15. The molecule has 0 aliphatic carbocycles. The Hall–Kier alpha value is -1.53. The van der Waals surface area contributed by atoms with Crippen molar-refractivity contribution >= 4 is 5.91 Å². The van der Waals surface area contributed by atoms with Crippen LogP contribution in [0.5, 0.6) is 0 Å². The van der Waals surface area contributed by atoms with E-state index in [1.165, 1.54) is 6.92 Å². The van der Waals surface area contributed by atoms with Gasteiger partial charge < -0.3 is 15.5 Å². The molecule has 94 valence electrons. The van der Waals surface area contributed by atoms with E-state index in [-0.39, 0.29) is 12.1 Å². The predicted octanol–water partition coefficient (Wildman–Crippen LogP) is 0.495. The van der Waals surface area contributed by atoms with Gasteiger partial charge in [-0.15, -0.1) is 0 Å². The van der Waals surface area contributed by atoms with Crippen LogP contribution in [0.15, 0.2) is 18.2 Å². The molecule has 17 heavy (non-hydrogen) atoms. The first-order valence-corrected chi connectivity index (χ1v) is 4.97. The van der Waals surface area contributed by atoms with Gasteiger partial charge in [0.15, 0.2) is 0 Å². The Morgan fingerprint density at radius 3 is 2.65 bits per heavy atom. The number of halogens is 2. The van der Waals surface area contributed by atoms with Gasteiger partial charge in [0.05, 0.1) is 0 Å². The number of aliphatic hydroxyl groups is 2. The van der Waals surface area contributed by atoms with Crippen LogP contribution in [0.3, 0.4) is 0 Å². The molecular formula is C11H13F2NO3. The smallest absolute Gasteiger partial charge is 0.216 e. The van der Waals surface area contributed by atoms with E-state index in [1.54, 1.807) is 0 Å². The summed E-state index contributed by atoms with van der Waals surface area (Å²) in [6, 6.07) is 2.57. The number of amides is 1. The summed E-state index contributed by atoms with van der Waals surface area (Å²) < 4.78 is 26.1. The van der Waals surface area contributed by atoms with Gasteiger partial charge >= 0.3 is 0 Å². The number of carbonyl (C=O) groups is 1. The first kappa shape index (κ1) is 13.5. The van der Waals surface area contributed by atoms with E-state index < -0.39 is 29.7 Å². The molecule has 1 amide bonds. The van der Waals surface area contributed by atoms with Crippen LogP contribution >= 0.6 is 0 Å². The Kier molecular flexibility index (Phi) is 4.53. The second kappa shape index (κ2) is 5.70. The fourth-order valence-corrected chi connectivity index (χ4v) is 1.31. The van der Waals surface area contributed by atoms with Gasteiger partial charge in [0.25, 0.3) is 0 Å². The lowest BCUT2D eigenvalue weighted by molar-refractivity contribution is -0.119. The Balaban J connectivity index is 2.77. The van der Waals surface area contributed by atoms with Crippen molar-refractivity contribution in [2.24, 2.45) is 0 Å². The van der Waals surface area contributed by atoms with Crippen LogP contribution in [0.4, 0.5) is 8.78 Å². The minimum atomic E-state index is -1.60. The minimum absolute atomic E-state index is 0.244. The highest BCUT2D eigenvalue weighted by molar-refractivity contribution is 5.72. The Morgan fingerprint density at radius 1 is 1.41 bits per heavy atom. The molecule has 1 aromatic carbocycles. The van der Waals surface area contributed by atoms with Gasteiger partial charge in [-0.25, -0.2) is 8.78 Å². The first-order valence-electron chi connectivity index (χ1n) is 4.97. The van der Waals surface area contributed by atoms with Gasteiger partial charge in [-0.3, -0.25) is 4.79 Å². The topological polar surface area (TPSA) is 69.6 Å². The fraction of sp³-hybridized carbons (Fsp3) is 0.364. The van der Waals surface area contributed by atoms with Crippen molar-refractivity contribution in [2.75, 3.05) is 6.54 Å². The third-order valence-electron chi connectivity index (χ3n) is 2.20. The van der Waals surface area contributed by atoms with E-state index in [0.29, 0.717) is 0 Å². The van der Waals surface area contributed by atoms with Crippen LogP contribution in [0.1, 0.15) is 18.6 Å². The number of rotatable bonds is 4. The molecule has 1 aromatic rings. The second-order valence-corrected chi connectivity index (χ2v) is 3.62. The van der Waals surface area contributed by atoms with Crippen molar-refractivity contribution in [2.45, 2.75) is 19.1 Å². The molecule has 2 atom stereocenters. The average molecular weight is 245 g/mol. The third kappa shape index (κ3) is 3.76. The van der Waals surface area contributed by atoms with Crippen molar-refractivity contribution in [1.29, 1.82) is 0 Å². The molecule has 0 fully saturated rings. The summed E-state index contributed by atoms with van der Waals surface area (Å²) >= 11 is 0. The molecule has 0 aliphatic rings. The van der Waals surface area contributed by atoms with Gasteiger partial charge in [0, 0.05) is 19.0 Å². The molecule has 2 unspecified atom stereocenters. The molecule has 0 aliphatic heterocycles. The van der Waals surface area contributed by atoms with Gasteiger partial charge in [0.2, 0.25) is 5.91 Å². The summed E-state index contributed by atoms with van der Waals surface area (Å²) in [4.78, 5) is 10.6. The third-order valence-corrected chi connectivity index (χ3v) is 2.20. The van der Waals surface area contributed by atoms with Crippen molar-refractivity contribution in [3.63, 3.8) is 0 Å². The molecule has 3 N–H and O–H groups in total. The van der Waals surface area contributed by atoms with Crippen LogP contribution in [0.2, 0.25) is 0 Å². The Morgan fingerprint density at radius 2 is 2.06 bits per heavy atom. The van der Waals surface area contributed by atoms with Crippen LogP contribution in [-0.4, -0.2) is 28.8 Å². The van der Waals surface area contributed by atoms with E-state index in [1.807, 2.05) is 0 Å². The molecular weight excluding hydrogens is 232 g/mol. The van der Waals surface area contributed by atoms with Crippen molar-refractivity contribution in [3.05, 3.63) is 35.4 Å². The van der Waals surface area contributed by atoms with E-state index in [9.17, 15) is 23.8 Å². The summed E-state index contributed by atoms with van der Waals surface area (Å²) in [5, 5.41) is 21.3. The molecule has 4 nitrogen and oxygen atoms in total. The molecule has 0 saturated carbocycles.